The van der Waals surface area contributed by atoms with Crippen LogP contribution in [0.4, 0.5) is 10.6 Å². The van der Waals surface area contributed by atoms with Gasteiger partial charge in [-0.25, -0.2) is 9.78 Å². The second-order valence-corrected chi connectivity index (χ2v) is 10.7. The van der Waals surface area contributed by atoms with Gasteiger partial charge >= 0.3 is 6.09 Å². The summed E-state index contributed by atoms with van der Waals surface area (Å²) in [6.07, 6.45) is 1.59. The Morgan fingerprint density at radius 2 is 1.74 bits per heavy atom. The maximum absolute atomic E-state index is 12.4. The predicted molar refractivity (Wildman–Crippen MR) is 144 cm³/mol. The summed E-state index contributed by atoms with van der Waals surface area (Å²) in [5.41, 5.74) is 7.81. The number of nitrogens with zero attached hydrogens (tertiary/aromatic N) is 4. The highest BCUT2D eigenvalue weighted by Gasteiger charge is 2.36. The maximum atomic E-state index is 12.4. The number of carbonyl (C=O) groups excluding carboxylic acids is 2. The highest BCUT2D eigenvalue weighted by atomic mass is 32.2. The SMILES string of the molecule is C[C@@H](NC(=O)O)C(=O)NC1CCN(c2nc(SC(C(N)=O)c3ccccc3)c(C#N)c(C3CC3)c2C#N)CC1. The van der Waals surface area contributed by atoms with Crippen molar-refractivity contribution in [2.24, 2.45) is 5.73 Å². The molecule has 2 fully saturated rings. The Bertz CT molecular complexity index is 1340. The quantitative estimate of drug-likeness (QED) is 0.343. The van der Waals surface area contributed by atoms with Crippen molar-refractivity contribution >= 4 is 35.5 Å². The highest BCUT2D eigenvalue weighted by molar-refractivity contribution is 8.00. The van der Waals surface area contributed by atoms with Gasteiger partial charge in [-0.1, -0.05) is 42.1 Å². The van der Waals surface area contributed by atoms with Crippen molar-refractivity contribution in [3.05, 3.63) is 52.6 Å². The van der Waals surface area contributed by atoms with Gasteiger partial charge in [-0.2, -0.15) is 10.5 Å². The van der Waals surface area contributed by atoms with Gasteiger partial charge in [-0.3, -0.25) is 9.59 Å². The number of hydrogen-bond donors (Lipinski definition) is 4. The molecule has 0 bridgehead atoms. The van der Waals surface area contributed by atoms with Crippen molar-refractivity contribution in [1.82, 2.24) is 15.6 Å². The molecule has 0 spiro atoms. The van der Waals surface area contributed by atoms with Crippen molar-refractivity contribution < 1.29 is 19.5 Å². The molecule has 2 atom stereocenters. The number of aromatic nitrogens is 1. The summed E-state index contributed by atoms with van der Waals surface area (Å²) < 4.78 is 0. The average Bonchev–Trinajstić information content (AvgIpc) is 3.76. The molecule has 2 aromatic rings. The molecule has 1 aromatic heterocycles. The van der Waals surface area contributed by atoms with Gasteiger partial charge < -0.3 is 26.4 Å². The number of carbonyl (C=O) groups is 3. The lowest BCUT2D eigenvalue weighted by Gasteiger charge is -2.34. The van der Waals surface area contributed by atoms with Crippen LogP contribution in [-0.4, -0.2) is 53.2 Å². The fourth-order valence-corrected chi connectivity index (χ4v) is 5.77. The van der Waals surface area contributed by atoms with Gasteiger partial charge in [0.25, 0.3) is 0 Å². The van der Waals surface area contributed by atoms with Gasteiger partial charge in [0.05, 0.1) is 11.1 Å². The molecular formula is C27H29N7O4S. The van der Waals surface area contributed by atoms with Crippen LogP contribution in [0, 0.1) is 22.7 Å². The fourth-order valence-electron chi connectivity index (χ4n) is 4.72. The number of anilines is 1. The minimum atomic E-state index is -1.27. The van der Waals surface area contributed by atoms with Crippen LogP contribution in [0.15, 0.2) is 35.4 Å². The minimum Gasteiger partial charge on any atom is -0.465 e. The molecular weight excluding hydrogens is 518 g/mol. The maximum Gasteiger partial charge on any atom is 0.405 e. The molecule has 11 nitrogen and oxygen atoms in total. The number of piperidine rings is 1. The Hall–Kier alpha value is -4.29. The van der Waals surface area contributed by atoms with E-state index in [1.807, 2.05) is 23.1 Å². The molecule has 0 radical (unpaired) electrons. The second kappa shape index (κ2) is 12.0. The number of nitrogens with one attached hydrogen (secondary N) is 2. The van der Waals surface area contributed by atoms with Crippen LogP contribution in [-0.2, 0) is 9.59 Å². The number of nitriles is 2. The number of primary amides is 1. The van der Waals surface area contributed by atoms with Crippen LogP contribution >= 0.6 is 11.8 Å². The van der Waals surface area contributed by atoms with E-state index < -0.39 is 29.2 Å². The third kappa shape index (κ3) is 6.41. The summed E-state index contributed by atoms with van der Waals surface area (Å²) in [5, 5.41) is 33.7. The zero-order valence-electron chi connectivity index (χ0n) is 21.4. The number of carboxylic acid groups (broad SMARTS) is 1. The summed E-state index contributed by atoms with van der Waals surface area (Å²) in [6, 6.07) is 12.5. The zero-order chi connectivity index (χ0) is 28.1. The Balaban J connectivity index is 1.62. The van der Waals surface area contributed by atoms with Crippen LogP contribution in [0.2, 0.25) is 0 Å². The summed E-state index contributed by atoms with van der Waals surface area (Å²) in [5.74, 6) is -0.417. The predicted octanol–water partition coefficient (Wildman–Crippen LogP) is 2.76. The second-order valence-electron chi connectivity index (χ2n) is 9.65. The van der Waals surface area contributed by atoms with Gasteiger partial charge in [0.2, 0.25) is 11.8 Å². The molecule has 1 aliphatic carbocycles. The van der Waals surface area contributed by atoms with E-state index in [1.165, 1.54) is 6.92 Å². The molecule has 2 heterocycles. The van der Waals surface area contributed by atoms with Crippen LogP contribution in [0.25, 0.3) is 0 Å². The lowest BCUT2D eigenvalue weighted by Crippen LogP contribution is -2.51. The number of pyridine rings is 1. The van der Waals surface area contributed by atoms with Crippen molar-refractivity contribution in [3.63, 3.8) is 0 Å². The van der Waals surface area contributed by atoms with Gasteiger partial charge in [-0.15, -0.1) is 0 Å². The molecule has 1 aromatic carbocycles. The zero-order valence-corrected chi connectivity index (χ0v) is 22.2. The average molecular weight is 548 g/mol. The molecule has 5 N–H and O–H groups in total. The molecule has 3 amide bonds. The summed E-state index contributed by atoms with van der Waals surface area (Å²) in [6.45, 7) is 2.46. The van der Waals surface area contributed by atoms with E-state index in [4.69, 9.17) is 15.8 Å². The highest BCUT2D eigenvalue weighted by Crippen LogP contribution is 2.48. The van der Waals surface area contributed by atoms with E-state index in [2.05, 4.69) is 22.8 Å². The van der Waals surface area contributed by atoms with Gasteiger partial charge in [0, 0.05) is 19.1 Å². The molecule has 39 heavy (non-hydrogen) atoms. The largest absolute Gasteiger partial charge is 0.465 e. The smallest absolute Gasteiger partial charge is 0.405 e. The number of rotatable bonds is 9. The number of hydrogen-bond acceptors (Lipinski definition) is 8. The third-order valence-electron chi connectivity index (χ3n) is 6.86. The molecule has 2 aliphatic rings. The van der Waals surface area contributed by atoms with Crippen LogP contribution < -0.4 is 21.3 Å². The lowest BCUT2D eigenvalue weighted by molar-refractivity contribution is -0.123. The minimum absolute atomic E-state index is 0.0826. The Morgan fingerprint density at radius 3 is 2.28 bits per heavy atom. The number of benzene rings is 1. The van der Waals surface area contributed by atoms with Crippen LogP contribution in [0.1, 0.15) is 66.0 Å². The molecule has 1 aliphatic heterocycles. The standard InChI is InChI=1S/C27H29N7O4S/c1-15(31-27(37)38)25(36)32-18-9-11-34(12-10-18)24-19(13-28)21(16-7-8-16)20(14-29)26(33-24)39-22(23(30)35)17-5-3-2-4-6-17/h2-6,15-16,18,22,31H,7-12H2,1H3,(H2,30,35)(H,32,36)(H,37,38)/t15-,22?/m1/s1. The first-order chi connectivity index (χ1) is 18.7. The van der Waals surface area contributed by atoms with Gasteiger partial charge in [-0.05, 0) is 49.7 Å². The van der Waals surface area contributed by atoms with Crippen molar-refractivity contribution in [1.29, 1.82) is 10.5 Å². The number of amides is 3. The van der Waals surface area contributed by atoms with Crippen molar-refractivity contribution in [2.45, 2.75) is 60.9 Å². The van der Waals surface area contributed by atoms with Crippen LogP contribution in [0.5, 0.6) is 0 Å². The van der Waals surface area contributed by atoms with E-state index in [0.717, 1.165) is 24.6 Å². The van der Waals surface area contributed by atoms with Crippen molar-refractivity contribution in [3.8, 4) is 12.1 Å². The summed E-state index contributed by atoms with van der Waals surface area (Å²) >= 11 is 1.12. The first-order valence-electron chi connectivity index (χ1n) is 12.7. The van der Waals surface area contributed by atoms with Gasteiger partial charge in [0.15, 0.2) is 0 Å². The summed E-state index contributed by atoms with van der Waals surface area (Å²) in [4.78, 5) is 42.3. The van der Waals surface area contributed by atoms with E-state index in [0.29, 0.717) is 59.0 Å². The molecule has 202 valence electrons. The first-order valence-corrected chi connectivity index (χ1v) is 13.5. The number of nitrogens with two attached hydrogens (primary N) is 1. The van der Waals surface area contributed by atoms with E-state index in [-0.39, 0.29) is 12.0 Å². The lowest BCUT2D eigenvalue weighted by atomic mass is 9.98. The molecule has 1 saturated heterocycles. The molecule has 1 unspecified atom stereocenters. The van der Waals surface area contributed by atoms with E-state index >= 15 is 0 Å². The van der Waals surface area contributed by atoms with Crippen LogP contribution in [0.3, 0.4) is 0 Å². The first kappa shape index (κ1) is 27.7. The third-order valence-corrected chi connectivity index (χ3v) is 8.12. The molecule has 1 saturated carbocycles. The number of thioether (sulfide) groups is 1. The Morgan fingerprint density at radius 1 is 1.10 bits per heavy atom. The summed E-state index contributed by atoms with van der Waals surface area (Å²) in [7, 11) is 0. The van der Waals surface area contributed by atoms with Gasteiger partial charge in [0.1, 0.15) is 34.3 Å². The van der Waals surface area contributed by atoms with Crippen molar-refractivity contribution in [2.75, 3.05) is 18.0 Å². The Kier molecular flexibility index (Phi) is 8.57. The fraction of sp³-hybridized carbons (Fsp3) is 0.407. The van der Waals surface area contributed by atoms with E-state index in [9.17, 15) is 24.9 Å². The van der Waals surface area contributed by atoms with E-state index in [1.54, 1.807) is 12.1 Å². The monoisotopic (exact) mass is 547 g/mol. The molecule has 12 heteroatoms. The normalized spacial score (nSPS) is 16.8. The topological polar surface area (TPSA) is 185 Å². The Labute approximate surface area is 230 Å². The molecule has 4 rings (SSSR count).